The SMILES string of the molecule is O=C(OCC(F)(F)C(F)(F)C(F)(F)F)c1ccc2nc3c4nc5ccc(C(=O)OCC(F)(F)C(F)(F)C(F)(F)F)cc5nc4c4nc5cc(C(=O)OCC(F)(F)C(F)(F)C(F)(F)F)ccc5nc4c3nc2c1. The molecular weight excluding hydrogens is 1050 g/mol. The number of rotatable bonds is 12. The van der Waals surface area contributed by atoms with Gasteiger partial charge in [0.15, 0.2) is 19.8 Å². The predicted molar refractivity (Wildman–Crippen MR) is 197 cm³/mol. The third-order valence-electron chi connectivity index (χ3n) is 9.97. The molecule has 72 heavy (non-hydrogen) atoms. The lowest BCUT2D eigenvalue weighted by Crippen LogP contribution is -2.54. The van der Waals surface area contributed by atoms with Crippen molar-refractivity contribution in [3.63, 3.8) is 0 Å². The zero-order valence-electron chi connectivity index (χ0n) is 33.9. The average Bonchev–Trinajstić information content (AvgIpc) is 3.28. The summed E-state index contributed by atoms with van der Waals surface area (Å²) < 4.78 is 290. The number of carbonyl (C=O) groups excluding carboxylic acids is 3. The summed E-state index contributed by atoms with van der Waals surface area (Å²) in [5.74, 6) is -43.6. The molecule has 0 aliphatic heterocycles. The largest absolute Gasteiger partial charge is 0.460 e. The average molecular weight is 1060 g/mol. The number of carbonyl (C=O) groups is 3. The van der Waals surface area contributed by atoms with E-state index >= 15 is 0 Å². The highest BCUT2D eigenvalue weighted by atomic mass is 19.4. The van der Waals surface area contributed by atoms with E-state index in [4.69, 9.17) is 0 Å². The molecule has 4 aromatic carbocycles. The van der Waals surface area contributed by atoms with E-state index in [1.165, 1.54) is 0 Å². The van der Waals surface area contributed by atoms with Crippen LogP contribution < -0.4 is 0 Å². The van der Waals surface area contributed by atoms with Crippen molar-refractivity contribution in [2.24, 2.45) is 0 Å². The summed E-state index contributed by atoms with van der Waals surface area (Å²) in [4.78, 5) is 63.9. The van der Waals surface area contributed by atoms with E-state index in [0.29, 0.717) is 12.1 Å². The third kappa shape index (κ3) is 8.88. The molecule has 0 bridgehead atoms. The Labute approximate surface area is 380 Å². The lowest BCUT2D eigenvalue weighted by Gasteiger charge is -2.27. The van der Waals surface area contributed by atoms with Crippen LogP contribution in [0.15, 0.2) is 54.6 Å². The van der Waals surface area contributed by atoms with E-state index in [2.05, 4.69) is 44.1 Å². The highest BCUT2D eigenvalue weighted by Gasteiger charge is 2.75. The fourth-order valence-corrected chi connectivity index (χ4v) is 6.15. The Morgan fingerprint density at radius 2 is 0.514 bits per heavy atom. The molecule has 0 saturated heterocycles. The van der Waals surface area contributed by atoms with Gasteiger partial charge in [0.05, 0.1) is 49.8 Å². The Hall–Kier alpha value is -7.38. The van der Waals surface area contributed by atoms with Gasteiger partial charge < -0.3 is 14.2 Å². The number of hydrogen-bond acceptors (Lipinski definition) is 12. The minimum Gasteiger partial charge on any atom is -0.455 e. The number of nitrogens with zero attached hydrogens (tertiary/aromatic N) is 6. The summed E-state index contributed by atoms with van der Waals surface area (Å²) in [7, 11) is 0. The van der Waals surface area contributed by atoms with Crippen LogP contribution in [0.4, 0.5) is 92.2 Å². The maximum absolute atomic E-state index is 13.9. The summed E-state index contributed by atoms with van der Waals surface area (Å²) in [5.41, 5.74) is -7.08. The monoisotopic (exact) mass is 1060 g/mol. The topological polar surface area (TPSA) is 156 Å². The Morgan fingerprint density at radius 1 is 0.319 bits per heavy atom. The van der Waals surface area contributed by atoms with Gasteiger partial charge >= 0.3 is 72.0 Å². The number of fused-ring (bicyclic) bond motifs is 9. The minimum atomic E-state index is -6.79. The molecule has 0 saturated carbocycles. The van der Waals surface area contributed by atoms with Crippen LogP contribution in [-0.2, 0) is 14.2 Å². The molecule has 0 spiro atoms. The quantitative estimate of drug-likeness (QED) is 0.0376. The first kappa shape index (κ1) is 52.4. The highest BCUT2D eigenvalue weighted by Crippen LogP contribution is 2.49. The van der Waals surface area contributed by atoms with Crippen molar-refractivity contribution in [3.8, 4) is 0 Å². The number of hydrogen-bond donors (Lipinski definition) is 0. The van der Waals surface area contributed by atoms with E-state index in [-0.39, 0.29) is 27.6 Å². The van der Waals surface area contributed by atoms with Crippen molar-refractivity contribution in [2.45, 2.75) is 54.1 Å². The lowest BCUT2D eigenvalue weighted by atomic mass is 10.1. The molecule has 0 aliphatic rings. The second kappa shape index (κ2) is 16.9. The van der Waals surface area contributed by atoms with Crippen molar-refractivity contribution in [1.29, 1.82) is 0 Å². The van der Waals surface area contributed by atoms with E-state index in [1.807, 2.05) is 0 Å². The van der Waals surface area contributed by atoms with Gasteiger partial charge in [-0.15, -0.1) is 0 Å². The van der Waals surface area contributed by atoms with Crippen LogP contribution in [-0.4, -0.2) is 122 Å². The van der Waals surface area contributed by atoms with Gasteiger partial charge in [0, 0.05) is 0 Å². The molecule has 0 aliphatic carbocycles. The summed E-state index contributed by atoms with van der Waals surface area (Å²) in [6.07, 6.45) is -20.3. The summed E-state index contributed by atoms with van der Waals surface area (Å²) in [6, 6.07) is 7.10. The van der Waals surface area contributed by atoms with Gasteiger partial charge in [0.25, 0.3) is 0 Å². The maximum Gasteiger partial charge on any atom is 0.460 e. The van der Waals surface area contributed by atoms with Gasteiger partial charge in [-0.1, -0.05) is 0 Å². The number of alkyl halides is 21. The van der Waals surface area contributed by atoms with Crippen LogP contribution in [0, 0.1) is 0 Å². The molecule has 3 heterocycles. The molecule has 0 atom stereocenters. The summed E-state index contributed by atoms with van der Waals surface area (Å²) >= 11 is 0. The first-order valence-electron chi connectivity index (χ1n) is 18.8. The van der Waals surface area contributed by atoms with E-state index in [0.717, 1.165) is 42.5 Å². The van der Waals surface area contributed by atoms with Crippen molar-refractivity contribution in [1.82, 2.24) is 29.9 Å². The van der Waals surface area contributed by atoms with E-state index in [9.17, 15) is 107 Å². The van der Waals surface area contributed by atoms with E-state index < -0.39 is 147 Å². The molecule has 3 aromatic heterocycles. The maximum atomic E-state index is 13.9. The summed E-state index contributed by atoms with van der Waals surface area (Å²) in [6.45, 7) is -8.36. The van der Waals surface area contributed by atoms with Crippen LogP contribution in [0.25, 0.3) is 66.2 Å². The lowest BCUT2D eigenvalue weighted by molar-refractivity contribution is -0.359. The molecule has 12 nitrogen and oxygen atoms in total. The molecule has 7 rings (SSSR count). The standard InChI is InChI=1S/C39H15F21N6O6/c40-31(41,34(46,47)37(52,53)54)10-70-28(67)13-1-4-16-19(7-13)64-25-22(61-16)23-26(65-20-8-14(2-5-17(20)62-23)29(68)71-11-32(42,43)35(48,49)38(55,56)57)27-24(25)63-18-6-3-15(9-21(18)66-27)30(69)72-12-33(44,45)36(50,51)39(58,59)60/h1-9H,10-12H2. The zero-order chi connectivity index (χ0) is 53.7. The van der Waals surface area contributed by atoms with Crippen molar-refractivity contribution in [2.75, 3.05) is 19.8 Å². The van der Waals surface area contributed by atoms with Crippen LogP contribution in [0.1, 0.15) is 31.1 Å². The number of benzene rings is 4. The van der Waals surface area contributed by atoms with Crippen molar-refractivity contribution >= 4 is 84.1 Å². The summed E-state index contributed by atoms with van der Waals surface area (Å²) in [5, 5.41) is 0. The van der Waals surface area contributed by atoms with Crippen molar-refractivity contribution < 1.29 is 121 Å². The van der Waals surface area contributed by atoms with Gasteiger partial charge in [-0.05, 0) is 54.6 Å². The normalized spacial score (nSPS) is 14.0. The second-order valence-electron chi connectivity index (χ2n) is 14.9. The molecule has 0 fully saturated rings. The number of ether oxygens (including phenoxy) is 3. The van der Waals surface area contributed by atoms with Crippen LogP contribution in [0.5, 0.6) is 0 Å². The fraction of sp³-hybridized carbons (Fsp3) is 0.308. The van der Waals surface area contributed by atoms with Crippen LogP contribution >= 0.6 is 0 Å². The van der Waals surface area contributed by atoms with Gasteiger partial charge in [0.2, 0.25) is 0 Å². The molecule has 0 N–H and O–H groups in total. The molecule has 0 amide bonds. The molecule has 0 unspecified atom stereocenters. The molecule has 7 aromatic rings. The van der Waals surface area contributed by atoms with Gasteiger partial charge in [-0.25, -0.2) is 44.3 Å². The first-order chi connectivity index (χ1) is 32.8. The second-order valence-corrected chi connectivity index (χ2v) is 14.9. The zero-order valence-corrected chi connectivity index (χ0v) is 33.9. The Morgan fingerprint density at radius 3 is 0.708 bits per heavy atom. The predicted octanol–water partition coefficient (Wildman–Crippen LogP) is 10.9. The Kier molecular flexibility index (Phi) is 12.3. The van der Waals surface area contributed by atoms with E-state index in [1.54, 1.807) is 0 Å². The van der Waals surface area contributed by atoms with Gasteiger partial charge in [0.1, 0.15) is 33.1 Å². The van der Waals surface area contributed by atoms with Crippen LogP contribution in [0.2, 0.25) is 0 Å². The molecule has 33 heteroatoms. The van der Waals surface area contributed by atoms with Gasteiger partial charge in [-0.3, -0.25) is 0 Å². The van der Waals surface area contributed by atoms with Crippen molar-refractivity contribution in [3.05, 3.63) is 71.3 Å². The number of halogens is 21. The van der Waals surface area contributed by atoms with Gasteiger partial charge in [-0.2, -0.15) is 92.2 Å². The third-order valence-corrected chi connectivity index (χ3v) is 9.97. The number of esters is 3. The molecule has 0 radical (unpaired) electrons. The smallest absolute Gasteiger partial charge is 0.455 e. The Bertz CT molecular complexity index is 3380. The minimum absolute atomic E-state index is 0.239. The number of aromatic nitrogens is 6. The Balaban J connectivity index is 1.35. The molecular formula is C39H15F21N6O6. The highest BCUT2D eigenvalue weighted by molar-refractivity contribution is 6.21. The fourth-order valence-electron chi connectivity index (χ4n) is 6.15. The molecule has 384 valence electrons. The van der Waals surface area contributed by atoms with Crippen LogP contribution in [0.3, 0.4) is 0 Å². The first-order valence-corrected chi connectivity index (χ1v) is 18.8.